The van der Waals surface area contributed by atoms with Gasteiger partial charge in [0.2, 0.25) is 0 Å². The minimum Gasteiger partial charge on any atom is -0.468 e. The van der Waals surface area contributed by atoms with E-state index in [0.717, 1.165) is 0 Å². The van der Waals surface area contributed by atoms with Crippen LogP contribution in [0.2, 0.25) is 0 Å². The van der Waals surface area contributed by atoms with Crippen molar-refractivity contribution in [2.45, 2.75) is 26.9 Å². The fourth-order valence-corrected chi connectivity index (χ4v) is 0.471. The third-order valence-corrected chi connectivity index (χ3v) is 1.34. The molecule has 0 aromatic heterocycles. The van der Waals surface area contributed by atoms with Gasteiger partial charge in [-0.3, -0.25) is 0 Å². The molecule has 0 aromatic carbocycles. The molecular formula is C6H13NOS. The topological polar surface area (TPSA) is 35.2 Å². The summed E-state index contributed by atoms with van der Waals surface area (Å²) in [6.07, 6.45) is 0.127. The first-order valence-corrected chi connectivity index (χ1v) is 3.41. The molecule has 1 atom stereocenters. The second kappa shape index (κ2) is 3.67. The molecule has 0 fully saturated rings. The van der Waals surface area contributed by atoms with Gasteiger partial charge in [-0.15, -0.1) is 0 Å². The normalized spacial score (nSPS) is 13.3. The van der Waals surface area contributed by atoms with Crippen LogP contribution in [0.15, 0.2) is 0 Å². The lowest BCUT2D eigenvalue weighted by Gasteiger charge is -2.15. The number of ether oxygens (including phenoxy) is 1. The van der Waals surface area contributed by atoms with Gasteiger partial charge in [0.15, 0.2) is 0 Å². The van der Waals surface area contributed by atoms with E-state index in [1.807, 2.05) is 6.92 Å². The van der Waals surface area contributed by atoms with Crippen molar-refractivity contribution >= 4 is 17.4 Å². The van der Waals surface area contributed by atoms with Crippen molar-refractivity contribution in [3.63, 3.8) is 0 Å². The van der Waals surface area contributed by atoms with E-state index >= 15 is 0 Å². The molecule has 0 heterocycles. The third kappa shape index (κ3) is 4.21. The van der Waals surface area contributed by atoms with Crippen LogP contribution in [-0.2, 0) is 4.74 Å². The van der Waals surface area contributed by atoms with E-state index in [9.17, 15) is 0 Å². The summed E-state index contributed by atoms with van der Waals surface area (Å²) in [5, 5.41) is 0.135. The molecule has 0 aliphatic carbocycles. The van der Waals surface area contributed by atoms with E-state index in [0.29, 0.717) is 5.92 Å². The van der Waals surface area contributed by atoms with Crippen LogP contribution in [0, 0.1) is 5.92 Å². The molecular weight excluding hydrogens is 134 g/mol. The Kier molecular flexibility index (Phi) is 3.54. The molecule has 0 radical (unpaired) electrons. The molecule has 0 aliphatic heterocycles. The van der Waals surface area contributed by atoms with Gasteiger partial charge in [-0.1, -0.05) is 13.8 Å². The zero-order valence-corrected chi connectivity index (χ0v) is 6.87. The van der Waals surface area contributed by atoms with E-state index < -0.39 is 0 Å². The molecule has 3 heteroatoms. The van der Waals surface area contributed by atoms with Gasteiger partial charge >= 0.3 is 0 Å². The first-order valence-electron chi connectivity index (χ1n) is 3.00. The van der Waals surface area contributed by atoms with Crippen LogP contribution < -0.4 is 5.73 Å². The highest BCUT2D eigenvalue weighted by Gasteiger charge is 2.07. The lowest BCUT2D eigenvalue weighted by molar-refractivity contribution is 0.160. The molecule has 0 aromatic rings. The predicted molar refractivity (Wildman–Crippen MR) is 42.2 cm³/mol. The van der Waals surface area contributed by atoms with Crippen molar-refractivity contribution in [1.29, 1.82) is 0 Å². The molecule has 0 saturated carbocycles. The monoisotopic (exact) mass is 147 g/mol. The van der Waals surface area contributed by atoms with Crippen molar-refractivity contribution < 1.29 is 4.74 Å². The lowest BCUT2D eigenvalue weighted by atomic mass is 10.1. The van der Waals surface area contributed by atoms with Gasteiger partial charge in [0.25, 0.3) is 5.17 Å². The van der Waals surface area contributed by atoms with Crippen LogP contribution in [0.4, 0.5) is 0 Å². The van der Waals surface area contributed by atoms with Gasteiger partial charge in [0, 0.05) is 0 Å². The van der Waals surface area contributed by atoms with Gasteiger partial charge in [-0.25, -0.2) is 0 Å². The first kappa shape index (κ1) is 8.69. The van der Waals surface area contributed by atoms with Crippen molar-refractivity contribution in [3.8, 4) is 0 Å². The fourth-order valence-electron chi connectivity index (χ4n) is 0.319. The summed E-state index contributed by atoms with van der Waals surface area (Å²) in [5.41, 5.74) is 5.14. The Morgan fingerprint density at radius 3 is 2.00 bits per heavy atom. The van der Waals surface area contributed by atoms with Crippen LogP contribution in [0.5, 0.6) is 0 Å². The van der Waals surface area contributed by atoms with Crippen molar-refractivity contribution in [1.82, 2.24) is 0 Å². The Bertz CT molecular complexity index is 103. The van der Waals surface area contributed by atoms with Crippen LogP contribution in [0.25, 0.3) is 0 Å². The largest absolute Gasteiger partial charge is 0.468 e. The lowest BCUT2D eigenvalue weighted by Crippen LogP contribution is -2.23. The summed E-state index contributed by atoms with van der Waals surface area (Å²) < 4.78 is 5.02. The molecule has 2 nitrogen and oxygen atoms in total. The molecule has 0 spiro atoms. The maximum Gasteiger partial charge on any atom is 0.254 e. The maximum atomic E-state index is 5.14. The second-order valence-electron chi connectivity index (χ2n) is 2.39. The van der Waals surface area contributed by atoms with Gasteiger partial charge in [-0.2, -0.15) is 0 Å². The van der Waals surface area contributed by atoms with Gasteiger partial charge in [-0.05, 0) is 25.1 Å². The molecule has 0 amide bonds. The summed E-state index contributed by atoms with van der Waals surface area (Å²) in [6, 6.07) is 0. The first-order chi connectivity index (χ1) is 4.04. The second-order valence-corrected chi connectivity index (χ2v) is 2.79. The molecule has 0 bridgehead atoms. The Hall–Kier alpha value is -0.310. The fraction of sp³-hybridized carbons (Fsp3) is 0.833. The van der Waals surface area contributed by atoms with Crippen LogP contribution in [0.3, 0.4) is 0 Å². The average molecular weight is 147 g/mol. The van der Waals surface area contributed by atoms with E-state index in [1.54, 1.807) is 0 Å². The highest BCUT2D eigenvalue weighted by Crippen LogP contribution is 2.03. The Morgan fingerprint density at radius 2 is 1.89 bits per heavy atom. The smallest absolute Gasteiger partial charge is 0.254 e. The minimum absolute atomic E-state index is 0.127. The Labute approximate surface area is 61.4 Å². The maximum absolute atomic E-state index is 5.14. The van der Waals surface area contributed by atoms with Gasteiger partial charge < -0.3 is 10.5 Å². The van der Waals surface area contributed by atoms with E-state index in [2.05, 4.69) is 26.1 Å². The quantitative estimate of drug-likeness (QED) is 0.598. The molecule has 2 N–H and O–H groups in total. The van der Waals surface area contributed by atoms with E-state index in [4.69, 9.17) is 10.5 Å². The van der Waals surface area contributed by atoms with E-state index in [1.165, 1.54) is 0 Å². The summed E-state index contributed by atoms with van der Waals surface area (Å²) in [7, 11) is 0. The highest BCUT2D eigenvalue weighted by molar-refractivity contribution is 7.80. The molecule has 0 aliphatic rings. The van der Waals surface area contributed by atoms with Crippen molar-refractivity contribution in [3.05, 3.63) is 0 Å². The molecule has 1 unspecified atom stereocenters. The van der Waals surface area contributed by atoms with Crippen LogP contribution >= 0.6 is 12.2 Å². The standard InChI is InChI=1S/C6H13NOS/c1-4(2)5(3)8-6(7)9/h4-5H,1-3H3,(H2,7,9). The summed E-state index contributed by atoms with van der Waals surface area (Å²) >= 11 is 4.55. The van der Waals surface area contributed by atoms with Crippen molar-refractivity contribution in [2.75, 3.05) is 0 Å². The van der Waals surface area contributed by atoms with Crippen LogP contribution in [-0.4, -0.2) is 11.3 Å². The SMILES string of the molecule is CC(C)C(C)OC(N)=S. The highest BCUT2D eigenvalue weighted by atomic mass is 32.1. The Morgan fingerprint density at radius 1 is 1.44 bits per heavy atom. The number of hydrogen-bond acceptors (Lipinski definition) is 2. The molecule has 0 saturated heterocycles. The van der Waals surface area contributed by atoms with Crippen LogP contribution in [0.1, 0.15) is 20.8 Å². The van der Waals surface area contributed by atoms with E-state index in [-0.39, 0.29) is 11.3 Å². The predicted octanol–water partition coefficient (Wildman–Crippen LogP) is 1.29. The number of thiocarbonyl (C=S) groups is 1. The number of hydrogen-bond donors (Lipinski definition) is 1. The molecule has 54 valence electrons. The minimum atomic E-state index is 0.127. The summed E-state index contributed by atoms with van der Waals surface area (Å²) in [6.45, 7) is 6.07. The molecule has 0 rings (SSSR count). The average Bonchev–Trinajstić information content (AvgIpc) is 1.63. The number of rotatable bonds is 2. The zero-order valence-electron chi connectivity index (χ0n) is 6.05. The van der Waals surface area contributed by atoms with Gasteiger partial charge in [0.05, 0.1) is 0 Å². The zero-order chi connectivity index (χ0) is 7.44. The van der Waals surface area contributed by atoms with Crippen molar-refractivity contribution in [2.24, 2.45) is 11.7 Å². The number of nitrogens with two attached hydrogens (primary N) is 1. The molecule has 9 heavy (non-hydrogen) atoms. The third-order valence-electron chi connectivity index (χ3n) is 1.24. The summed E-state index contributed by atoms with van der Waals surface area (Å²) in [5.74, 6) is 0.464. The Balaban J connectivity index is 3.50. The van der Waals surface area contributed by atoms with Gasteiger partial charge in [0.1, 0.15) is 6.10 Å². The summed E-state index contributed by atoms with van der Waals surface area (Å²) in [4.78, 5) is 0.